The molecule has 0 aliphatic rings. The molecule has 0 bridgehead atoms. The van der Waals surface area contributed by atoms with Crippen LogP contribution in [0.25, 0.3) is 0 Å². The van der Waals surface area contributed by atoms with E-state index < -0.39 is 0 Å². The Morgan fingerprint density at radius 1 is 0.786 bits per heavy atom. The standard InChI is InChI=1S/C14H29/c1-4-7-9-12-14(11-6-3)13-10-8-5-2/h14H,3-13H2,1-2H3. The van der Waals surface area contributed by atoms with Crippen molar-refractivity contribution in [3.8, 4) is 0 Å². The molecule has 0 aromatic carbocycles. The van der Waals surface area contributed by atoms with Gasteiger partial charge in [0.2, 0.25) is 0 Å². The van der Waals surface area contributed by atoms with Crippen molar-refractivity contribution in [1.29, 1.82) is 0 Å². The number of hydrogen-bond acceptors (Lipinski definition) is 0. The molecule has 0 aromatic heterocycles. The smallest absolute Gasteiger partial charge is 0.0414 e. The normalized spacial score (nSPS) is 11.1. The molecule has 0 unspecified atom stereocenters. The van der Waals surface area contributed by atoms with Gasteiger partial charge in [0.05, 0.1) is 0 Å². The molecule has 0 spiro atoms. The molecule has 0 aromatic rings. The van der Waals surface area contributed by atoms with Crippen LogP contribution < -0.4 is 0 Å². The Morgan fingerprint density at radius 2 is 1.29 bits per heavy atom. The fourth-order valence-corrected chi connectivity index (χ4v) is 2.09. The Morgan fingerprint density at radius 3 is 1.64 bits per heavy atom. The van der Waals surface area contributed by atoms with Crippen molar-refractivity contribution < 1.29 is 0 Å². The van der Waals surface area contributed by atoms with Gasteiger partial charge in [0, 0.05) is 0 Å². The lowest BCUT2D eigenvalue weighted by atomic mass is 9.91. The SMILES string of the molecule is [CH2]CCC(CCCCC)CCCCC. The van der Waals surface area contributed by atoms with Crippen LogP contribution in [0.5, 0.6) is 0 Å². The molecular formula is C14H29. The molecule has 0 aliphatic heterocycles. The van der Waals surface area contributed by atoms with Gasteiger partial charge in [-0.1, -0.05) is 85.0 Å². The van der Waals surface area contributed by atoms with Gasteiger partial charge >= 0.3 is 0 Å². The third-order valence-electron chi connectivity index (χ3n) is 3.04. The summed E-state index contributed by atoms with van der Waals surface area (Å²) in [6.07, 6.45) is 13.8. The highest BCUT2D eigenvalue weighted by Crippen LogP contribution is 2.21. The quantitative estimate of drug-likeness (QED) is 0.413. The van der Waals surface area contributed by atoms with Crippen molar-refractivity contribution in [2.24, 2.45) is 5.92 Å². The molecule has 85 valence electrons. The summed E-state index contributed by atoms with van der Waals surface area (Å²) in [4.78, 5) is 0. The van der Waals surface area contributed by atoms with Crippen molar-refractivity contribution in [2.45, 2.75) is 78.1 Å². The average Bonchev–Trinajstić information content (AvgIpc) is 2.18. The fourth-order valence-electron chi connectivity index (χ4n) is 2.09. The Hall–Kier alpha value is 0. The predicted molar refractivity (Wildman–Crippen MR) is 66.4 cm³/mol. The van der Waals surface area contributed by atoms with Gasteiger partial charge < -0.3 is 0 Å². The van der Waals surface area contributed by atoms with Gasteiger partial charge in [-0.25, -0.2) is 0 Å². The van der Waals surface area contributed by atoms with Crippen LogP contribution >= 0.6 is 0 Å². The van der Waals surface area contributed by atoms with Crippen molar-refractivity contribution in [3.63, 3.8) is 0 Å². The van der Waals surface area contributed by atoms with Gasteiger partial charge in [-0.3, -0.25) is 0 Å². The van der Waals surface area contributed by atoms with Gasteiger partial charge in [-0.05, 0) is 5.92 Å². The monoisotopic (exact) mass is 197 g/mol. The predicted octanol–water partition coefficient (Wildman–Crippen LogP) is 5.38. The lowest BCUT2D eigenvalue weighted by Gasteiger charge is -2.15. The van der Waals surface area contributed by atoms with Crippen LogP contribution in [0, 0.1) is 12.8 Å². The summed E-state index contributed by atoms with van der Waals surface area (Å²) in [5, 5.41) is 0. The van der Waals surface area contributed by atoms with Crippen molar-refractivity contribution in [3.05, 3.63) is 6.92 Å². The highest BCUT2D eigenvalue weighted by atomic mass is 14.1. The number of rotatable bonds is 10. The minimum absolute atomic E-state index is 0.977. The molecule has 0 heteroatoms. The van der Waals surface area contributed by atoms with Crippen LogP contribution in [0.1, 0.15) is 78.1 Å². The molecule has 0 fully saturated rings. The van der Waals surface area contributed by atoms with Gasteiger partial charge in [-0.15, -0.1) is 0 Å². The summed E-state index contributed by atoms with van der Waals surface area (Å²) >= 11 is 0. The van der Waals surface area contributed by atoms with Crippen molar-refractivity contribution >= 4 is 0 Å². The number of unbranched alkanes of at least 4 members (excludes halogenated alkanes) is 4. The summed E-state index contributed by atoms with van der Waals surface area (Å²) in [6.45, 7) is 8.55. The van der Waals surface area contributed by atoms with Crippen LogP contribution in [-0.4, -0.2) is 0 Å². The average molecular weight is 197 g/mol. The highest BCUT2D eigenvalue weighted by molar-refractivity contribution is 4.61. The maximum atomic E-state index is 3.98. The van der Waals surface area contributed by atoms with E-state index in [4.69, 9.17) is 0 Å². The maximum absolute atomic E-state index is 3.98. The zero-order valence-electron chi connectivity index (χ0n) is 10.4. The fraction of sp³-hybridized carbons (Fsp3) is 0.929. The van der Waals surface area contributed by atoms with Crippen LogP contribution in [-0.2, 0) is 0 Å². The molecule has 0 nitrogen and oxygen atoms in total. The molecule has 0 rings (SSSR count). The lowest BCUT2D eigenvalue weighted by molar-refractivity contribution is 0.388. The minimum Gasteiger partial charge on any atom is -0.0654 e. The summed E-state index contributed by atoms with van der Waals surface area (Å²) < 4.78 is 0. The van der Waals surface area contributed by atoms with E-state index >= 15 is 0 Å². The van der Waals surface area contributed by atoms with E-state index in [0.29, 0.717) is 0 Å². The van der Waals surface area contributed by atoms with E-state index in [-0.39, 0.29) is 0 Å². The maximum Gasteiger partial charge on any atom is -0.0414 e. The van der Waals surface area contributed by atoms with Crippen LogP contribution in [0.2, 0.25) is 0 Å². The summed E-state index contributed by atoms with van der Waals surface area (Å²) in [7, 11) is 0. The third kappa shape index (κ3) is 8.59. The Balaban J connectivity index is 3.44. The van der Waals surface area contributed by atoms with Gasteiger partial charge in [-0.2, -0.15) is 0 Å². The van der Waals surface area contributed by atoms with Gasteiger partial charge in [0.15, 0.2) is 0 Å². The van der Waals surface area contributed by atoms with Crippen LogP contribution in [0.4, 0.5) is 0 Å². The zero-order chi connectivity index (χ0) is 10.6. The topological polar surface area (TPSA) is 0 Å². The second-order valence-corrected chi connectivity index (χ2v) is 4.50. The lowest BCUT2D eigenvalue weighted by Crippen LogP contribution is -2.00. The highest BCUT2D eigenvalue weighted by Gasteiger charge is 2.06. The molecule has 1 radical (unpaired) electrons. The molecule has 0 N–H and O–H groups in total. The van der Waals surface area contributed by atoms with Crippen molar-refractivity contribution in [2.75, 3.05) is 0 Å². The van der Waals surface area contributed by atoms with E-state index in [1.54, 1.807) is 0 Å². The Kier molecular flexibility index (Phi) is 11.1. The first-order valence-corrected chi connectivity index (χ1v) is 6.64. The summed E-state index contributed by atoms with van der Waals surface area (Å²) in [6, 6.07) is 0. The number of hydrogen-bond donors (Lipinski definition) is 0. The second-order valence-electron chi connectivity index (χ2n) is 4.50. The second kappa shape index (κ2) is 11.1. The van der Waals surface area contributed by atoms with Crippen LogP contribution in [0.15, 0.2) is 0 Å². The van der Waals surface area contributed by atoms with Crippen molar-refractivity contribution in [1.82, 2.24) is 0 Å². The Bertz CT molecular complexity index is 86.2. The molecule has 14 heavy (non-hydrogen) atoms. The van der Waals surface area contributed by atoms with E-state index in [9.17, 15) is 0 Å². The largest absolute Gasteiger partial charge is 0.0654 e. The first-order valence-electron chi connectivity index (χ1n) is 6.64. The molecule has 0 saturated heterocycles. The third-order valence-corrected chi connectivity index (χ3v) is 3.04. The van der Waals surface area contributed by atoms with E-state index in [1.807, 2.05) is 0 Å². The first-order chi connectivity index (χ1) is 6.85. The molecular weight excluding hydrogens is 168 g/mol. The Labute approximate surface area is 91.5 Å². The molecule has 0 saturated carbocycles. The molecule has 0 aliphatic carbocycles. The summed E-state index contributed by atoms with van der Waals surface area (Å²) in [5.41, 5.74) is 0. The molecule has 0 amide bonds. The van der Waals surface area contributed by atoms with E-state index in [1.165, 1.54) is 57.8 Å². The van der Waals surface area contributed by atoms with Crippen LogP contribution in [0.3, 0.4) is 0 Å². The van der Waals surface area contributed by atoms with E-state index in [0.717, 1.165) is 12.3 Å². The molecule has 0 heterocycles. The first kappa shape index (κ1) is 14.0. The zero-order valence-corrected chi connectivity index (χ0v) is 10.4. The molecule has 0 atom stereocenters. The minimum atomic E-state index is 0.977. The van der Waals surface area contributed by atoms with E-state index in [2.05, 4.69) is 20.8 Å². The van der Waals surface area contributed by atoms with Gasteiger partial charge in [0.25, 0.3) is 0 Å². The summed E-state index contributed by atoms with van der Waals surface area (Å²) in [5.74, 6) is 0.977. The van der Waals surface area contributed by atoms with Gasteiger partial charge in [0.1, 0.15) is 0 Å².